The summed E-state index contributed by atoms with van der Waals surface area (Å²) in [6.45, 7) is -0.247. The van der Waals surface area contributed by atoms with Gasteiger partial charge in [-0.3, -0.25) is 24.7 Å². The average Bonchev–Trinajstić information content (AvgIpc) is 3.03. The van der Waals surface area contributed by atoms with Crippen LogP contribution in [0.5, 0.6) is 0 Å². The third kappa shape index (κ3) is 2.17. The standard InChI is InChI=1S/C12H15N5O3/c18-10(15-16-6-13-14-7-16)5-17-11(19)8-3-1-2-4-9(8)12(17)20/h6-9H,1-5H2,(H,15,18)/t8-,9-/m0/s1. The molecular formula is C12H15N5O3. The molecule has 3 amide bonds. The number of aromatic nitrogens is 3. The van der Waals surface area contributed by atoms with Crippen molar-refractivity contribution in [2.75, 3.05) is 12.0 Å². The van der Waals surface area contributed by atoms with Crippen LogP contribution in [-0.4, -0.2) is 44.0 Å². The van der Waals surface area contributed by atoms with Gasteiger partial charge in [0.05, 0.1) is 11.8 Å². The second-order valence-electron chi connectivity index (χ2n) is 5.16. The van der Waals surface area contributed by atoms with Gasteiger partial charge >= 0.3 is 0 Å². The predicted molar refractivity (Wildman–Crippen MR) is 66.6 cm³/mol. The van der Waals surface area contributed by atoms with E-state index in [9.17, 15) is 14.4 Å². The summed E-state index contributed by atoms with van der Waals surface area (Å²) < 4.78 is 1.28. The molecule has 0 radical (unpaired) electrons. The van der Waals surface area contributed by atoms with E-state index in [1.165, 1.54) is 17.3 Å². The van der Waals surface area contributed by atoms with Gasteiger partial charge in [-0.15, -0.1) is 10.2 Å². The highest BCUT2D eigenvalue weighted by Gasteiger charge is 2.48. The molecular weight excluding hydrogens is 262 g/mol. The van der Waals surface area contributed by atoms with Gasteiger partial charge in [-0.1, -0.05) is 12.8 Å². The number of rotatable bonds is 3. The van der Waals surface area contributed by atoms with Crippen LogP contribution >= 0.6 is 0 Å². The Morgan fingerprint density at radius 2 is 1.70 bits per heavy atom. The zero-order valence-corrected chi connectivity index (χ0v) is 10.9. The van der Waals surface area contributed by atoms with Gasteiger partial charge in [-0.2, -0.15) is 0 Å². The number of fused-ring (bicyclic) bond motifs is 1. The lowest BCUT2D eigenvalue weighted by atomic mass is 9.81. The quantitative estimate of drug-likeness (QED) is 0.753. The lowest BCUT2D eigenvalue weighted by Gasteiger charge is -2.19. The predicted octanol–water partition coefficient (Wildman–Crippen LogP) is -0.477. The molecule has 1 saturated carbocycles. The summed E-state index contributed by atoms with van der Waals surface area (Å²) >= 11 is 0. The molecule has 3 rings (SSSR count). The summed E-state index contributed by atoms with van der Waals surface area (Å²) in [5.74, 6) is -1.31. The van der Waals surface area contributed by atoms with E-state index in [-0.39, 0.29) is 30.2 Å². The van der Waals surface area contributed by atoms with Crippen molar-refractivity contribution in [3.63, 3.8) is 0 Å². The Balaban J connectivity index is 1.66. The normalized spacial score (nSPS) is 25.7. The maximum absolute atomic E-state index is 12.2. The lowest BCUT2D eigenvalue weighted by molar-refractivity contribution is -0.142. The van der Waals surface area contributed by atoms with E-state index in [0.29, 0.717) is 0 Å². The Morgan fingerprint density at radius 1 is 1.15 bits per heavy atom. The van der Waals surface area contributed by atoms with Crippen molar-refractivity contribution in [3.05, 3.63) is 12.7 Å². The lowest BCUT2D eigenvalue weighted by Crippen LogP contribution is -2.40. The minimum Gasteiger partial charge on any atom is -0.274 e. The Labute approximate surface area is 115 Å². The molecule has 1 aliphatic heterocycles. The molecule has 1 aromatic heterocycles. The molecule has 20 heavy (non-hydrogen) atoms. The average molecular weight is 277 g/mol. The number of likely N-dealkylation sites (tertiary alicyclic amines) is 1. The van der Waals surface area contributed by atoms with Crippen molar-refractivity contribution in [2.45, 2.75) is 25.7 Å². The zero-order chi connectivity index (χ0) is 14.1. The highest BCUT2D eigenvalue weighted by Crippen LogP contribution is 2.37. The molecule has 2 heterocycles. The molecule has 1 aliphatic carbocycles. The number of carbonyl (C=O) groups excluding carboxylic acids is 3. The molecule has 8 nitrogen and oxygen atoms in total. The molecule has 0 bridgehead atoms. The largest absolute Gasteiger partial charge is 0.274 e. The minimum absolute atomic E-state index is 0.210. The number of nitrogens with one attached hydrogen (secondary N) is 1. The first-order valence-electron chi connectivity index (χ1n) is 6.66. The number of imide groups is 1. The first-order valence-corrected chi connectivity index (χ1v) is 6.66. The van der Waals surface area contributed by atoms with Gasteiger partial charge in [0.2, 0.25) is 11.8 Å². The fourth-order valence-corrected chi connectivity index (χ4v) is 2.97. The van der Waals surface area contributed by atoms with E-state index < -0.39 is 5.91 Å². The summed E-state index contributed by atoms with van der Waals surface area (Å²) in [6.07, 6.45) is 6.09. The monoisotopic (exact) mass is 277 g/mol. The molecule has 1 aromatic rings. The van der Waals surface area contributed by atoms with Gasteiger partial charge in [-0.25, -0.2) is 4.68 Å². The number of hydrogen-bond acceptors (Lipinski definition) is 5. The van der Waals surface area contributed by atoms with E-state index >= 15 is 0 Å². The second-order valence-corrected chi connectivity index (χ2v) is 5.16. The molecule has 2 aliphatic rings. The van der Waals surface area contributed by atoms with Crippen molar-refractivity contribution in [2.24, 2.45) is 11.8 Å². The highest BCUT2D eigenvalue weighted by atomic mass is 16.2. The molecule has 2 fully saturated rings. The Hall–Kier alpha value is -2.25. The molecule has 0 spiro atoms. The summed E-state index contributed by atoms with van der Waals surface area (Å²) in [5, 5.41) is 7.09. The van der Waals surface area contributed by atoms with Crippen LogP contribution in [-0.2, 0) is 14.4 Å². The van der Waals surface area contributed by atoms with Crippen LogP contribution in [0.2, 0.25) is 0 Å². The number of carbonyl (C=O) groups is 3. The van der Waals surface area contributed by atoms with Gasteiger partial charge in [0.25, 0.3) is 5.91 Å². The Morgan fingerprint density at radius 3 is 2.25 bits per heavy atom. The van der Waals surface area contributed by atoms with Crippen molar-refractivity contribution in [3.8, 4) is 0 Å². The number of nitrogens with zero attached hydrogens (tertiary/aromatic N) is 4. The van der Waals surface area contributed by atoms with Gasteiger partial charge < -0.3 is 0 Å². The van der Waals surface area contributed by atoms with E-state index in [4.69, 9.17) is 0 Å². The molecule has 2 atom stereocenters. The molecule has 1 saturated heterocycles. The SMILES string of the molecule is O=C(CN1C(=O)[C@H]2CCCC[C@@H]2C1=O)Nn1cnnc1. The molecule has 1 N–H and O–H groups in total. The van der Waals surface area contributed by atoms with Gasteiger partial charge in [0.15, 0.2) is 0 Å². The van der Waals surface area contributed by atoms with Crippen molar-refractivity contribution >= 4 is 17.7 Å². The van der Waals surface area contributed by atoms with Crippen molar-refractivity contribution in [1.82, 2.24) is 19.8 Å². The fourth-order valence-electron chi connectivity index (χ4n) is 2.97. The summed E-state index contributed by atoms with van der Waals surface area (Å²) in [5.41, 5.74) is 2.48. The molecule has 8 heteroatoms. The van der Waals surface area contributed by atoms with Gasteiger partial charge in [-0.05, 0) is 12.8 Å². The topological polar surface area (TPSA) is 97.2 Å². The summed E-state index contributed by atoms with van der Waals surface area (Å²) in [6, 6.07) is 0. The van der Waals surface area contributed by atoms with Crippen LogP contribution in [0.25, 0.3) is 0 Å². The van der Waals surface area contributed by atoms with Crippen LogP contribution in [0, 0.1) is 11.8 Å². The van der Waals surface area contributed by atoms with E-state index in [2.05, 4.69) is 15.6 Å². The molecule has 0 unspecified atom stereocenters. The second kappa shape index (κ2) is 5.03. The molecule has 106 valence electrons. The third-order valence-corrected chi connectivity index (χ3v) is 3.91. The summed E-state index contributed by atoms with van der Waals surface area (Å²) in [4.78, 5) is 37.3. The fraction of sp³-hybridized carbons (Fsp3) is 0.583. The Kier molecular flexibility index (Phi) is 3.21. The van der Waals surface area contributed by atoms with Gasteiger partial charge in [0.1, 0.15) is 19.2 Å². The first-order chi connectivity index (χ1) is 9.66. The zero-order valence-electron chi connectivity index (χ0n) is 10.9. The molecule has 0 aromatic carbocycles. The van der Waals surface area contributed by atoms with Crippen molar-refractivity contribution in [1.29, 1.82) is 0 Å². The van der Waals surface area contributed by atoms with E-state index in [1.54, 1.807) is 0 Å². The van der Waals surface area contributed by atoms with Crippen LogP contribution < -0.4 is 5.43 Å². The van der Waals surface area contributed by atoms with E-state index in [1.807, 2.05) is 0 Å². The van der Waals surface area contributed by atoms with Gasteiger partial charge in [0, 0.05) is 0 Å². The van der Waals surface area contributed by atoms with Crippen molar-refractivity contribution < 1.29 is 14.4 Å². The van der Waals surface area contributed by atoms with Crippen LogP contribution in [0.15, 0.2) is 12.7 Å². The highest BCUT2D eigenvalue weighted by molar-refractivity contribution is 6.08. The number of amides is 3. The number of hydrogen-bond donors (Lipinski definition) is 1. The maximum Gasteiger partial charge on any atom is 0.259 e. The van der Waals surface area contributed by atoms with Crippen LogP contribution in [0.3, 0.4) is 0 Å². The third-order valence-electron chi connectivity index (χ3n) is 3.91. The van der Waals surface area contributed by atoms with Crippen LogP contribution in [0.4, 0.5) is 0 Å². The maximum atomic E-state index is 12.2. The van der Waals surface area contributed by atoms with Crippen LogP contribution in [0.1, 0.15) is 25.7 Å². The van der Waals surface area contributed by atoms with E-state index in [0.717, 1.165) is 30.6 Å². The minimum atomic E-state index is -0.440. The first kappa shape index (κ1) is 12.8. The Bertz CT molecular complexity index is 517. The smallest absolute Gasteiger partial charge is 0.259 e. The summed E-state index contributed by atoms with van der Waals surface area (Å²) in [7, 11) is 0.